The number of methoxy groups -OCH3 is 1. The molecular weight excluding hydrogens is 330 g/mol. The van der Waals surface area contributed by atoms with E-state index in [9.17, 15) is 0 Å². The number of hydrogen-bond donors (Lipinski definition) is 2. The maximum absolute atomic E-state index is 5.67. The van der Waals surface area contributed by atoms with Crippen LogP contribution in [-0.2, 0) is 6.54 Å². The highest BCUT2D eigenvalue weighted by atomic mass is 16.5. The van der Waals surface area contributed by atoms with Crippen LogP contribution in [0.15, 0.2) is 46.1 Å². The van der Waals surface area contributed by atoms with Crippen molar-refractivity contribution in [1.29, 1.82) is 0 Å². The lowest BCUT2D eigenvalue weighted by Gasteiger charge is -2.26. The summed E-state index contributed by atoms with van der Waals surface area (Å²) in [7, 11) is 3.40. The lowest BCUT2D eigenvalue weighted by molar-refractivity contribution is 0.215. The first-order valence-corrected chi connectivity index (χ1v) is 9.01. The molecule has 3 heterocycles. The molecule has 0 aromatic carbocycles. The molecule has 1 fully saturated rings. The van der Waals surface area contributed by atoms with Gasteiger partial charge in [-0.3, -0.25) is 9.89 Å². The maximum atomic E-state index is 5.67. The minimum Gasteiger partial charge on any atom is -0.481 e. The van der Waals surface area contributed by atoms with Gasteiger partial charge in [-0.2, -0.15) is 0 Å². The predicted molar refractivity (Wildman–Crippen MR) is 101 cm³/mol. The molecular formula is C19H27N5O2. The van der Waals surface area contributed by atoms with E-state index in [1.54, 1.807) is 26.6 Å². The zero-order valence-corrected chi connectivity index (χ0v) is 15.4. The smallest absolute Gasteiger partial charge is 0.213 e. The third-order valence-corrected chi connectivity index (χ3v) is 4.61. The first-order valence-electron chi connectivity index (χ1n) is 9.01. The van der Waals surface area contributed by atoms with Crippen LogP contribution in [0.1, 0.15) is 30.2 Å². The van der Waals surface area contributed by atoms with Crippen LogP contribution in [0.5, 0.6) is 5.88 Å². The van der Waals surface area contributed by atoms with Crippen molar-refractivity contribution in [3.63, 3.8) is 0 Å². The fraction of sp³-hybridized carbons (Fsp3) is 0.474. The van der Waals surface area contributed by atoms with Crippen molar-refractivity contribution in [1.82, 2.24) is 20.5 Å². The number of aromatic nitrogens is 1. The highest BCUT2D eigenvalue weighted by molar-refractivity contribution is 5.79. The fourth-order valence-corrected chi connectivity index (χ4v) is 3.22. The summed E-state index contributed by atoms with van der Waals surface area (Å²) in [4.78, 5) is 10.9. The number of guanidine groups is 1. The van der Waals surface area contributed by atoms with E-state index >= 15 is 0 Å². The zero-order chi connectivity index (χ0) is 18.2. The van der Waals surface area contributed by atoms with Gasteiger partial charge in [-0.05, 0) is 49.7 Å². The van der Waals surface area contributed by atoms with Crippen LogP contribution in [0, 0.1) is 0 Å². The Labute approximate surface area is 154 Å². The number of pyridine rings is 1. The van der Waals surface area contributed by atoms with Gasteiger partial charge in [0.1, 0.15) is 5.76 Å². The maximum Gasteiger partial charge on any atom is 0.213 e. The lowest BCUT2D eigenvalue weighted by atomic mass is 10.2. The molecule has 0 amide bonds. The molecule has 26 heavy (non-hydrogen) atoms. The van der Waals surface area contributed by atoms with E-state index < -0.39 is 0 Å². The Balaban J connectivity index is 1.56. The fourth-order valence-electron chi connectivity index (χ4n) is 3.22. The van der Waals surface area contributed by atoms with Crippen molar-refractivity contribution in [2.45, 2.75) is 25.4 Å². The number of nitrogens with one attached hydrogen (secondary N) is 2. The summed E-state index contributed by atoms with van der Waals surface area (Å²) in [6.45, 7) is 3.60. The van der Waals surface area contributed by atoms with E-state index in [0.717, 1.165) is 36.9 Å². The highest BCUT2D eigenvalue weighted by Crippen LogP contribution is 2.24. The number of rotatable bonds is 7. The summed E-state index contributed by atoms with van der Waals surface area (Å²) >= 11 is 0. The summed E-state index contributed by atoms with van der Waals surface area (Å²) in [5.41, 5.74) is 1.09. The monoisotopic (exact) mass is 357 g/mol. The Morgan fingerprint density at radius 3 is 2.88 bits per heavy atom. The van der Waals surface area contributed by atoms with Gasteiger partial charge in [0.05, 0.1) is 19.4 Å². The Morgan fingerprint density at radius 2 is 2.19 bits per heavy atom. The van der Waals surface area contributed by atoms with Gasteiger partial charge in [0.25, 0.3) is 0 Å². The van der Waals surface area contributed by atoms with Crippen molar-refractivity contribution in [3.8, 4) is 5.88 Å². The average Bonchev–Trinajstić information content (AvgIpc) is 3.39. The number of likely N-dealkylation sites (tertiary alicyclic amines) is 1. The molecule has 0 spiro atoms. The molecule has 140 valence electrons. The first kappa shape index (κ1) is 18.3. The van der Waals surface area contributed by atoms with Gasteiger partial charge >= 0.3 is 0 Å². The molecule has 7 heteroatoms. The van der Waals surface area contributed by atoms with Gasteiger partial charge in [-0.1, -0.05) is 0 Å². The van der Waals surface area contributed by atoms with E-state index in [-0.39, 0.29) is 6.04 Å². The molecule has 1 aliphatic rings. The van der Waals surface area contributed by atoms with E-state index in [1.807, 2.05) is 24.3 Å². The van der Waals surface area contributed by atoms with E-state index in [1.165, 1.54) is 12.8 Å². The topological polar surface area (TPSA) is 74.9 Å². The Morgan fingerprint density at radius 1 is 1.35 bits per heavy atom. The minimum atomic E-state index is 0.215. The van der Waals surface area contributed by atoms with Gasteiger partial charge in [-0.25, -0.2) is 4.98 Å². The van der Waals surface area contributed by atoms with Crippen LogP contribution in [0.2, 0.25) is 0 Å². The molecule has 2 N–H and O–H groups in total. The summed E-state index contributed by atoms with van der Waals surface area (Å²) < 4.78 is 10.8. The highest BCUT2D eigenvalue weighted by Gasteiger charge is 2.25. The molecule has 3 rings (SSSR count). The molecule has 1 saturated heterocycles. The quantitative estimate of drug-likeness (QED) is 0.584. The van der Waals surface area contributed by atoms with Crippen LogP contribution in [-0.4, -0.2) is 49.6 Å². The third kappa shape index (κ3) is 4.76. The molecule has 2 aromatic rings. The largest absolute Gasteiger partial charge is 0.481 e. The number of hydrogen-bond acceptors (Lipinski definition) is 5. The Bertz CT molecular complexity index is 696. The van der Waals surface area contributed by atoms with E-state index in [4.69, 9.17) is 9.15 Å². The summed E-state index contributed by atoms with van der Waals surface area (Å²) in [5, 5.41) is 6.76. The van der Waals surface area contributed by atoms with Crippen LogP contribution < -0.4 is 15.4 Å². The van der Waals surface area contributed by atoms with Crippen LogP contribution in [0.4, 0.5) is 0 Å². The molecule has 1 unspecified atom stereocenters. The Kier molecular flexibility index (Phi) is 6.49. The van der Waals surface area contributed by atoms with Crippen LogP contribution in [0.3, 0.4) is 0 Å². The minimum absolute atomic E-state index is 0.215. The average molecular weight is 357 g/mol. The van der Waals surface area contributed by atoms with E-state index in [0.29, 0.717) is 12.4 Å². The third-order valence-electron chi connectivity index (χ3n) is 4.61. The predicted octanol–water partition coefficient (Wildman–Crippen LogP) is 2.19. The molecule has 2 aromatic heterocycles. The van der Waals surface area contributed by atoms with Gasteiger partial charge < -0.3 is 19.8 Å². The van der Waals surface area contributed by atoms with Gasteiger partial charge in [-0.15, -0.1) is 0 Å². The zero-order valence-electron chi connectivity index (χ0n) is 15.4. The molecule has 1 atom stereocenters. The van der Waals surface area contributed by atoms with Crippen LogP contribution in [0.25, 0.3) is 0 Å². The molecule has 0 bridgehead atoms. The molecule has 0 saturated carbocycles. The van der Waals surface area contributed by atoms with Crippen molar-refractivity contribution in [2.24, 2.45) is 4.99 Å². The second-order valence-corrected chi connectivity index (χ2v) is 6.29. The SMILES string of the molecule is CN=C(NCc1ccnc(OC)c1)NCC(c1ccco1)N1CCCC1. The number of aliphatic imine (C=N–C) groups is 1. The second kappa shape index (κ2) is 9.24. The van der Waals surface area contributed by atoms with Crippen molar-refractivity contribution in [2.75, 3.05) is 33.8 Å². The lowest BCUT2D eigenvalue weighted by Crippen LogP contribution is -2.42. The normalized spacial score (nSPS) is 16.5. The number of ether oxygens (including phenoxy) is 1. The first-order chi connectivity index (χ1) is 12.8. The second-order valence-electron chi connectivity index (χ2n) is 6.29. The summed E-state index contributed by atoms with van der Waals surface area (Å²) in [5.74, 6) is 2.37. The van der Waals surface area contributed by atoms with Gasteiger partial charge in [0, 0.05) is 32.4 Å². The van der Waals surface area contributed by atoms with Crippen molar-refractivity contribution < 1.29 is 9.15 Å². The van der Waals surface area contributed by atoms with Gasteiger partial charge in [0.15, 0.2) is 5.96 Å². The Hall–Kier alpha value is -2.54. The van der Waals surface area contributed by atoms with Crippen molar-refractivity contribution in [3.05, 3.63) is 48.0 Å². The summed E-state index contributed by atoms with van der Waals surface area (Å²) in [6, 6.07) is 8.08. The van der Waals surface area contributed by atoms with Crippen molar-refractivity contribution >= 4 is 5.96 Å². The van der Waals surface area contributed by atoms with Crippen LogP contribution >= 0.6 is 0 Å². The number of nitrogens with zero attached hydrogens (tertiary/aromatic N) is 3. The summed E-state index contributed by atoms with van der Waals surface area (Å²) in [6.07, 6.45) is 5.97. The molecule has 1 aliphatic heterocycles. The standard InChI is InChI=1S/C19H27N5O2/c1-20-19(22-13-15-7-8-21-18(12-15)25-2)23-14-16(17-6-5-11-26-17)24-9-3-4-10-24/h5-8,11-12,16H,3-4,9-10,13-14H2,1-2H3,(H2,20,22,23). The number of furan rings is 1. The molecule has 0 aliphatic carbocycles. The molecule has 0 radical (unpaired) electrons. The van der Waals surface area contributed by atoms with E-state index in [2.05, 4.69) is 25.5 Å². The molecule has 7 nitrogen and oxygen atoms in total. The van der Waals surface area contributed by atoms with Gasteiger partial charge in [0.2, 0.25) is 5.88 Å².